The van der Waals surface area contributed by atoms with Crippen LogP contribution in [0.3, 0.4) is 0 Å². The van der Waals surface area contributed by atoms with E-state index < -0.39 is 39.9 Å². The molecule has 6 nitrogen and oxygen atoms in total. The first-order valence-corrected chi connectivity index (χ1v) is 11.2. The average Bonchev–Trinajstić information content (AvgIpc) is 2.69. The largest absolute Gasteiger partial charge is 0.416 e. The number of nitrogens with zero attached hydrogens (tertiary/aromatic N) is 2. The Morgan fingerprint density at radius 1 is 1.09 bits per heavy atom. The van der Waals surface area contributed by atoms with Gasteiger partial charge in [0, 0.05) is 11.1 Å². The van der Waals surface area contributed by atoms with E-state index in [0.29, 0.717) is 16.1 Å². The molecule has 0 spiro atoms. The van der Waals surface area contributed by atoms with Crippen molar-refractivity contribution in [3.8, 4) is 0 Å². The van der Waals surface area contributed by atoms with Crippen molar-refractivity contribution >= 4 is 38.9 Å². The van der Waals surface area contributed by atoms with Gasteiger partial charge in [-0.25, -0.2) is 13.8 Å². The number of alkyl halides is 3. The maximum atomic E-state index is 13.3. The molecule has 32 heavy (non-hydrogen) atoms. The summed E-state index contributed by atoms with van der Waals surface area (Å²) in [5, 5.41) is 3.69. The Hall–Kier alpha value is -2.59. The number of sulfonamides is 1. The molecule has 0 aliphatic heterocycles. The Morgan fingerprint density at radius 2 is 1.69 bits per heavy atom. The van der Waals surface area contributed by atoms with Gasteiger partial charge in [0.15, 0.2) is 0 Å². The Morgan fingerprint density at radius 3 is 2.22 bits per heavy atom. The van der Waals surface area contributed by atoms with Crippen LogP contribution in [0.15, 0.2) is 58.5 Å². The molecule has 11 heteroatoms. The van der Waals surface area contributed by atoms with E-state index in [9.17, 15) is 26.4 Å². The van der Waals surface area contributed by atoms with Gasteiger partial charge >= 0.3 is 6.18 Å². The van der Waals surface area contributed by atoms with Crippen molar-refractivity contribution < 1.29 is 26.4 Å². The standard InChI is InChI=1S/C21H23ClF3N3O3S/c1-14(20(2,3)4)26-27-19(29)13-28(32(30,31)16-8-6-5-7-9-16)18-12-15(21(23,24)25)10-11-17(18)22/h5-12H,13H2,1-4H3,(H,27,29)/b26-14-. The van der Waals surface area contributed by atoms with Gasteiger partial charge in [-0.15, -0.1) is 0 Å². The van der Waals surface area contributed by atoms with Gasteiger partial charge in [0.2, 0.25) is 0 Å². The van der Waals surface area contributed by atoms with Crippen LogP contribution in [0.1, 0.15) is 33.3 Å². The third kappa shape index (κ3) is 6.23. The Labute approximate surface area is 190 Å². The molecule has 0 aromatic heterocycles. The Bertz CT molecular complexity index is 1110. The Balaban J connectivity index is 2.54. The zero-order chi connectivity index (χ0) is 24.3. The number of rotatable bonds is 6. The molecular weight excluding hydrogens is 467 g/mol. The van der Waals surface area contributed by atoms with Crippen LogP contribution in [0.5, 0.6) is 0 Å². The van der Waals surface area contributed by atoms with Gasteiger partial charge < -0.3 is 0 Å². The molecule has 0 atom stereocenters. The highest BCUT2D eigenvalue weighted by molar-refractivity contribution is 7.92. The molecule has 0 saturated heterocycles. The van der Waals surface area contributed by atoms with Gasteiger partial charge in [-0.3, -0.25) is 9.10 Å². The highest BCUT2D eigenvalue weighted by Crippen LogP contribution is 2.37. The molecule has 0 fully saturated rings. The first kappa shape index (κ1) is 25.7. The SMILES string of the molecule is C/C(=N/NC(=O)CN(c1cc(C(F)(F)F)ccc1Cl)S(=O)(=O)c1ccccc1)C(C)(C)C. The summed E-state index contributed by atoms with van der Waals surface area (Å²) in [4.78, 5) is 12.3. The number of hydrazone groups is 1. The second-order valence-electron chi connectivity index (χ2n) is 7.97. The molecule has 174 valence electrons. The maximum Gasteiger partial charge on any atom is 0.416 e. The fourth-order valence-electron chi connectivity index (χ4n) is 2.38. The number of nitrogens with one attached hydrogen (secondary N) is 1. The summed E-state index contributed by atoms with van der Waals surface area (Å²) in [6, 6.07) is 9.29. The van der Waals surface area contributed by atoms with Crippen molar-refractivity contribution in [1.82, 2.24) is 5.43 Å². The first-order chi connectivity index (χ1) is 14.6. The van der Waals surface area contributed by atoms with E-state index in [1.165, 1.54) is 24.3 Å². The van der Waals surface area contributed by atoms with Crippen molar-refractivity contribution in [2.24, 2.45) is 10.5 Å². The zero-order valence-corrected chi connectivity index (χ0v) is 19.4. The van der Waals surface area contributed by atoms with Gasteiger partial charge in [-0.1, -0.05) is 50.6 Å². The van der Waals surface area contributed by atoms with Crippen LogP contribution in [0, 0.1) is 5.41 Å². The van der Waals surface area contributed by atoms with Crippen molar-refractivity contribution in [3.05, 3.63) is 59.1 Å². The lowest BCUT2D eigenvalue weighted by atomic mass is 9.91. The molecule has 2 rings (SSSR count). The highest BCUT2D eigenvalue weighted by atomic mass is 35.5. The van der Waals surface area contributed by atoms with E-state index >= 15 is 0 Å². The van der Waals surface area contributed by atoms with Gasteiger partial charge in [-0.05, 0) is 37.3 Å². The number of carbonyl (C=O) groups is 1. The summed E-state index contributed by atoms with van der Waals surface area (Å²) in [6.07, 6.45) is -4.74. The molecule has 0 heterocycles. The third-order valence-electron chi connectivity index (χ3n) is 4.59. The number of hydrogen-bond donors (Lipinski definition) is 1. The zero-order valence-electron chi connectivity index (χ0n) is 17.9. The fraction of sp³-hybridized carbons (Fsp3) is 0.333. The minimum atomic E-state index is -4.74. The molecule has 0 saturated carbocycles. The molecule has 0 aliphatic carbocycles. The van der Waals surface area contributed by atoms with Crippen molar-refractivity contribution in [2.45, 2.75) is 38.8 Å². The van der Waals surface area contributed by atoms with Crippen LogP contribution in [0.4, 0.5) is 18.9 Å². The molecule has 1 amide bonds. The number of anilines is 1. The summed E-state index contributed by atoms with van der Waals surface area (Å²) in [7, 11) is -4.43. The lowest BCUT2D eigenvalue weighted by Crippen LogP contribution is -2.40. The summed E-state index contributed by atoms with van der Waals surface area (Å²) >= 11 is 6.07. The second-order valence-corrected chi connectivity index (χ2v) is 10.2. The second kappa shape index (κ2) is 9.50. The number of halogens is 4. The summed E-state index contributed by atoms with van der Waals surface area (Å²) in [5.41, 5.74) is 0.891. The van der Waals surface area contributed by atoms with Crippen LogP contribution >= 0.6 is 11.6 Å². The Kier molecular flexibility index (Phi) is 7.62. The normalized spacial score (nSPS) is 13.1. The third-order valence-corrected chi connectivity index (χ3v) is 6.69. The summed E-state index contributed by atoms with van der Waals surface area (Å²) in [6.45, 7) is 6.45. The van der Waals surface area contributed by atoms with Crippen LogP contribution in [-0.4, -0.2) is 26.6 Å². The number of carbonyl (C=O) groups excluding carboxylic acids is 1. The maximum absolute atomic E-state index is 13.3. The number of hydrogen-bond acceptors (Lipinski definition) is 4. The quantitative estimate of drug-likeness (QED) is 0.453. The van der Waals surface area contributed by atoms with Crippen LogP contribution < -0.4 is 9.73 Å². The number of benzene rings is 2. The smallest absolute Gasteiger partial charge is 0.271 e. The predicted octanol–water partition coefficient (Wildman–Crippen LogP) is 5.09. The van der Waals surface area contributed by atoms with E-state index in [1.807, 2.05) is 20.8 Å². The van der Waals surface area contributed by atoms with E-state index in [1.54, 1.807) is 13.0 Å². The molecule has 1 N–H and O–H groups in total. The van der Waals surface area contributed by atoms with E-state index in [0.717, 1.165) is 12.1 Å². The van der Waals surface area contributed by atoms with Crippen LogP contribution in [0.25, 0.3) is 0 Å². The molecule has 2 aromatic carbocycles. The van der Waals surface area contributed by atoms with E-state index in [-0.39, 0.29) is 15.3 Å². The molecule has 2 aromatic rings. The summed E-state index contributed by atoms with van der Waals surface area (Å²) < 4.78 is 66.8. The van der Waals surface area contributed by atoms with Gasteiger partial charge in [0.25, 0.3) is 15.9 Å². The molecule has 0 radical (unpaired) electrons. The highest BCUT2D eigenvalue weighted by Gasteiger charge is 2.34. The topological polar surface area (TPSA) is 78.8 Å². The lowest BCUT2D eigenvalue weighted by molar-refractivity contribution is -0.137. The minimum Gasteiger partial charge on any atom is -0.271 e. The van der Waals surface area contributed by atoms with Crippen LogP contribution in [0.2, 0.25) is 5.02 Å². The molecular formula is C21H23ClF3N3O3S. The minimum absolute atomic E-state index is 0.212. The average molecular weight is 490 g/mol. The van der Waals surface area contributed by atoms with Gasteiger partial charge in [0.05, 0.1) is 21.2 Å². The molecule has 0 bridgehead atoms. The number of amides is 1. The van der Waals surface area contributed by atoms with Gasteiger partial charge in [-0.2, -0.15) is 18.3 Å². The van der Waals surface area contributed by atoms with Crippen molar-refractivity contribution in [2.75, 3.05) is 10.8 Å². The first-order valence-electron chi connectivity index (χ1n) is 9.42. The van der Waals surface area contributed by atoms with Crippen molar-refractivity contribution in [1.29, 1.82) is 0 Å². The predicted molar refractivity (Wildman–Crippen MR) is 118 cm³/mol. The fourth-order valence-corrected chi connectivity index (χ4v) is 4.10. The summed E-state index contributed by atoms with van der Waals surface area (Å²) in [5.74, 6) is -0.846. The lowest BCUT2D eigenvalue weighted by Gasteiger charge is -2.25. The van der Waals surface area contributed by atoms with E-state index in [2.05, 4.69) is 10.5 Å². The van der Waals surface area contributed by atoms with Crippen molar-refractivity contribution in [3.63, 3.8) is 0 Å². The van der Waals surface area contributed by atoms with E-state index in [4.69, 9.17) is 11.6 Å². The monoisotopic (exact) mass is 489 g/mol. The van der Waals surface area contributed by atoms with Crippen LogP contribution in [-0.2, 0) is 21.0 Å². The molecule has 0 aliphatic rings. The molecule has 0 unspecified atom stereocenters. The van der Waals surface area contributed by atoms with Gasteiger partial charge in [0.1, 0.15) is 6.54 Å².